The van der Waals surface area contributed by atoms with Crippen molar-refractivity contribution < 1.29 is 0 Å². The summed E-state index contributed by atoms with van der Waals surface area (Å²) in [6.07, 6.45) is 9.61. The van der Waals surface area contributed by atoms with Crippen LogP contribution < -0.4 is 5.73 Å². The molecule has 20 heavy (non-hydrogen) atoms. The average Bonchev–Trinajstić information content (AvgIpc) is 2.86. The van der Waals surface area contributed by atoms with E-state index in [9.17, 15) is 0 Å². The number of aryl methyl sites for hydroxylation is 1. The average molecular weight is 294 g/mol. The Balaban J connectivity index is 0.00000200. The van der Waals surface area contributed by atoms with Gasteiger partial charge in [0.25, 0.3) is 0 Å². The molecule has 4 heteroatoms. The Bertz CT molecular complexity index is 491. The number of nitrogen functional groups attached to an aromatic ring is 1. The second-order valence-electron chi connectivity index (χ2n) is 5.04. The molecule has 0 amide bonds. The Kier molecular flexibility index (Phi) is 7.16. The number of nitrogens with two attached hydrogens (primary N) is 1. The van der Waals surface area contributed by atoms with Crippen LogP contribution in [-0.4, -0.2) is 9.97 Å². The van der Waals surface area contributed by atoms with Gasteiger partial charge in [-0.15, -0.1) is 12.4 Å². The van der Waals surface area contributed by atoms with E-state index in [0.29, 0.717) is 5.95 Å². The number of imidazole rings is 1. The molecule has 0 fully saturated rings. The second kappa shape index (κ2) is 8.64. The molecule has 0 aliphatic carbocycles. The summed E-state index contributed by atoms with van der Waals surface area (Å²) in [4.78, 5) is 7.06. The molecule has 2 rings (SSSR count). The van der Waals surface area contributed by atoms with Crippen LogP contribution in [0.5, 0.6) is 0 Å². The van der Waals surface area contributed by atoms with Crippen molar-refractivity contribution in [3.05, 3.63) is 36.0 Å². The first kappa shape index (κ1) is 16.6. The molecule has 0 atom stereocenters. The van der Waals surface area contributed by atoms with E-state index in [1.165, 1.54) is 44.1 Å². The SMILES string of the molecule is CCCCCCCc1ccc(-c2cnc(N)[nH]2)cc1.Cl. The number of hydrogen-bond acceptors (Lipinski definition) is 2. The molecule has 1 aromatic heterocycles. The van der Waals surface area contributed by atoms with Crippen molar-refractivity contribution in [1.82, 2.24) is 9.97 Å². The Hall–Kier alpha value is -1.48. The third-order valence-electron chi connectivity index (χ3n) is 3.43. The van der Waals surface area contributed by atoms with Crippen LogP contribution in [0.15, 0.2) is 30.5 Å². The highest BCUT2D eigenvalue weighted by Crippen LogP contribution is 2.19. The molecule has 3 N–H and O–H groups in total. The number of unbranched alkanes of at least 4 members (excludes halogenated alkanes) is 4. The van der Waals surface area contributed by atoms with E-state index in [1.807, 2.05) is 0 Å². The van der Waals surface area contributed by atoms with Gasteiger partial charge in [0.05, 0.1) is 11.9 Å². The Morgan fingerprint density at radius 2 is 1.75 bits per heavy atom. The number of nitrogens with one attached hydrogen (secondary N) is 1. The molecule has 1 heterocycles. The highest BCUT2D eigenvalue weighted by molar-refractivity contribution is 5.85. The number of anilines is 1. The van der Waals surface area contributed by atoms with Gasteiger partial charge in [0.15, 0.2) is 5.95 Å². The van der Waals surface area contributed by atoms with Crippen molar-refractivity contribution in [1.29, 1.82) is 0 Å². The first-order valence-electron chi connectivity index (χ1n) is 7.19. The molecule has 2 aromatic rings. The first-order chi connectivity index (χ1) is 9.29. The van der Waals surface area contributed by atoms with Crippen LogP contribution in [0.4, 0.5) is 5.95 Å². The first-order valence-corrected chi connectivity index (χ1v) is 7.19. The standard InChI is InChI=1S/C16H23N3.ClH/c1-2-3-4-5-6-7-13-8-10-14(11-9-13)15-12-18-16(17)19-15;/h8-12H,2-7H2,1H3,(H3,17,18,19);1H. The predicted molar refractivity (Wildman–Crippen MR) is 88.1 cm³/mol. The van der Waals surface area contributed by atoms with Crippen molar-refractivity contribution in [3.8, 4) is 11.3 Å². The highest BCUT2D eigenvalue weighted by atomic mass is 35.5. The summed E-state index contributed by atoms with van der Waals surface area (Å²) in [5.41, 5.74) is 9.11. The van der Waals surface area contributed by atoms with E-state index in [-0.39, 0.29) is 12.4 Å². The number of halogens is 1. The van der Waals surface area contributed by atoms with Crippen molar-refractivity contribution >= 4 is 18.4 Å². The number of aromatic nitrogens is 2. The number of hydrogen-bond donors (Lipinski definition) is 2. The maximum Gasteiger partial charge on any atom is 0.197 e. The van der Waals surface area contributed by atoms with E-state index in [1.54, 1.807) is 6.20 Å². The zero-order chi connectivity index (χ0) is 13.5. The molecule has 1 aromatic carbocycles. The summed E-state index contributed by atoms with van der Waals surface area (Å²) >= 11 is 0. The summed E-state index contributed by atoms with van der Waals surface area (Å²) in [7, 11) is 0. The van der Waals surface area contributed by atoms with Gasteiger partial charge in [-0.3, -0.25) is 0 Å². The summed E-state index contributed by atoms with van der Waals surface area (Å²) in [6, 6.07) is 8.67. The van der Waals surface area contributed by atoms with Crippen molar-refractivity contribution in [2.45, 2.75) is 45.4 Å². The third kappa shape index (κ3) is 4.89. The minimum atomic E-state index is 0. The Morgan fingerprint density at radius 3 is 2.35 bits per heavy atom. The molecule has 0 bridgehead atoms. The van der Waals surface area contributed by atoms with Gasteiger partial charge in [0, 0.05) is 0 Å². The normalized spacial score (nSPS) is 10.2. The van der Waals surface area contributed by atoms with E-state index in [4.69, 9.17) is 5.73 Å². The van der Waals surface area contributed by atoms with Gasteiger partial charge >= 0.3 is 0 Å². The smallest absolute Gasteiger partial charge is 0.197 e. The molecule has 0 aliphatic heterocycles. The number of aromatic amines is 1. The van der Waals surface area contributed by atoms with Crippen LogP contribution in [0.2, 0.25) is 0 Å². The topological polar surface area (TPSA) is 54.7 Å². The summed E-state index contributed by atoms with van der Waals surface area (Å²) < 4.78 is 0. The Morgan fingerprint density at radius 1 is 1.05 bits per heavy atom. The molecule has 0 unspecified atom stereocenters. The van der Waals surface area contributed by atoms with Crippen LogP contribution >= 0.6 is 12.4 Å². The lowest BCUT2D eigenvalue weighted by Crippen LogP contribution is -1.87. The van der Waals surface area contributed by atoms with Gasteiger partial charge in [-0.2, -0.15) is 0 Å². The molecule has 0 saturated carbocycles. The molecule has 0 radical (unpaired) electrons. The number of H-pyrrole nitrogens is 1. The molecule has 110 valence electrons. The third-order valence-corrected chi connectivity index (χ3v) is 3.43. The lowest BCUT2D eigenvalue weighted by Gasteiger charge is -2.03. The van der Waals surface area contributed by atoms with Crippen molar-refractivity contribution in [3.63, 3.8) is 0 Å². The van der Waals surface area contributed by atoms with Crippen LogP contribution in [0, 0.1) is 0 Å². The summed E-state index contributed by atoms with van der Waals surface area (Å²) in [5, 5.41) is 0. The molecule has 0 saturated heterocycles. The lowest BCUT2D eigenvalue weighted by atomic mass is 10.0. The summed E-state index contributed by atoms with van der Waals surface area (Å²) in [6.45, 7) is 2.25. The number of benzene rings is 1. The number of nitrogens with zero attached hydrogens (tertiary/aromatic N) is 1. The Labute approximate surface area is 127 Å². The lowest BCUT2D eigenvalue weighted by molar-refractivity contribution is 0.632. The fraction of sp³-hybridized carbons (Fsp3) is 0.438. The minimum Gasteiger partial charge on any atom is -0.369 e. The molecule has 3 nitrogen and oxygen atoms in total. The number of rotatable bonds is 7. The molecule has 0 spiro atoms. The van der Waals surface area contributed by atoms with Crippen LogP contribution in [0.1, 0.15) is 44.6 Å². The molecular weight excluding hydrogens is 270 g/mol. The van der Waals surface area contributed by atoms with Crippen molar-refractivity contribution in [2.75, 3.05) is 5.73 Å². The fourth-order valence-corrected chi connectivity index (χ4v) is 2.27. The monoisotopic (exact) mass is 293 g/mol. The predicted octanol–water partition coefficient (Wildman–Crippen LogP) is 4.59. The van der Waals surface area contributed by atoms with E-state index < -0.39 is 0 Å². The van der Waals surface area contributed by atoms with Crippen LogP contribution in [0.25, 0.3) is 11.3 Å². The van der Waals surface area contributed by atoms with E-state index >= 15 is 0 Å². The van der Waals surface area contributed by atoms with E-state index in [0.717, 1.165) is 11.3 Å². The van der Waals surface area contributed by atoms with Crippen LogP contribution in [-0.2, 0) is 6.42 Å². The zero-order valence-corrected chi connectivity index (χ0v) is 12.9. The quantitative estimate of drug-likeness (QED) is 0.733. The van der Waals surface area contributed by atoms with Gasteiger partial charge in [0.2, 0.25) is 0 Å². The largest absolute Gasteiger partial charge is 0.369 e. The van der Waals surface area contributed by atoms with Gasteiger partial charge in [0.1, 0.15) is 0 Å². The van der Waals surface area contributed by atoms with Gasteiger partial charge in [-0.25, -0.2) is 4.98 Å². The van der Waals surface area contributed by atoms with Gasteiger partial charge in [-0.1, -0.05) is 56.9 Å². The van der Waals surface area contributed by atoms with Gasteiger partial charge in [-0.05, 0) is 24.0 Å². The maximum absolute atomic E-state index is 5.58. The molecule has 0 aliphatic rings. The second-order valence-corrected chi connectivity index (χ2v) is 5.04. The zero-order valence-electron chi connectivity index (χ0n) is 12.1. The maximum atomic E-state index is 5.58. The van der Waals surface area contributed by atoms with Crippen molar-refractivity contribution in [2.24, 2.45) is 0 Å². The van der Waals surface area contributed by atoms with Crippen LogP contribution in [0.3, 0.4) is 0 Å². The van der Waals surface area contributed by atoms with E-state index in [2.05, 4.69) is 41.2 Å². The summed E-state index contributed by atoms with van der Waals surface area (Å²) in [5.74, 6) is 0.468. The van der Waals surface area contributed by atoms with Gasteiger partial charge < -0.3 is 10.7 Å². The minimum absolute atomic E-state index is 0. The fourth-order valence-electron chi connectivity index (χ4n) is 2.27. The highest BCUT2D eigenvalue weighted by Gasteiger charge is 2.01. The molecular formula is C16H24ClN3.